The first-order valence-corrected chi connectivity index (χ1v) is 5.65. The molecule has 0 aliphatic rings. The van der Waals surface area contributed by atoms with E-state index in [1.165, 1.54) is 4.68 Å². The molecule has 0 aromatic carbocycles. The SMILES string of the molecule is CC(C(=O)O)n1nc(Br)c(Br)c1Br. The van der Waals surface area contributed by atoms with Gasteiger partial charge in [0.05, 0.1) is 4.47 Å². The van der Waals surface area contributed by atoms with E-state index in [2.05, 4.69) is 52.9 Å². The number of nitrogens with zero attached hydrogens (tertiary/aromatic N) is 2. The molecule has 1 atom stereocenters. The van der Waals surface area contributed by atoms with Crippen LogP contribution in [0.5, 0.6) is 0 Å². The minimum atomic E-state index is -0.928. The van der Waals surface area contributed by atoms with Crippen LogP contribution in [-0.4, -0.2) is 20.9 Å². The van der Waals surface area contributed by atoms with E-state index in [0.29, 0.717) is 13.7 Å². The summed E-state index contributed by atoms with van der Waals surface area (Å²) < 4.78 is 3.26. The lowest BCUT2D eigenvalue weighted by atomic mass is 10.4. The maximum Gasteiger partial charge on any atom is 0.328 e. The van der Waals surface area contributed by atoms with Crippen LogP contribution in [0.3, 0.4) is 0 Å². The van der Waals surface area contributed by atoms with Gasteiger partial charge < -0.3 is 5.11 Å². The molecule has 1 N–H and O–H groups in total. The molecule has 0 aliphatic heterocycles. The second kappa shape index (κ2) is 4.10. The van der Waals surface area contributed by atoms with Crippen molar-refractivity contribution in [2.45, 2.75) is 13.0 Å². The smallest absolute Gasteiger partial charge is 0.328 e. The minimum absolute atomic E-state index is 0.576. The fourth-order valence-electron chi connectivity index (χ4n) is 0.729. The number of carboxylic acids is 1. The maximum absolute atomic E-state index is 10.7. The van der Waals surface area contributed by atoms with Gasteiger partial charge in [0.25, 0.3) is 0 Å². The highest BCUT2D eigenvalue weighted by Gasteiger charge is 2.20. The van der Waals surface area contributed by atoms with Gasteiger partial charge in [-0.2, -0.15) is 5.10 Å². The molecule has 7 heteroatoms. The Morgan fingerprint density at radius 1 is 1.54 bits per heavy atom. The Kier molecular flexibility index (Phi) is 3.53. The number of rotatable bonds is 2. The second-order valence-corrected chi connectivity index (χ2v) is 4.65. The largest absolute Gasteiger partial charge is 0.480 e. The molecule has 0 bridgehead atoms. The summed E-state index contributed by atoms with van der Waals surface area (Å²) in [6, 6.07) is -0.697. The Morgan fingerprint density at radius 2 is 2.08 bits per heavy atom. The summed E-state index contributed by atoms with van der Waals surface area (Å²) in [5.41, 5.74) is 0. The van der Waals surface area contributed by atoms with Gasteiger partial charge in [0, 0.05) is 0 Å². The lowest BCUT2D eigenvalue weighted by molar-refractivity contribution is -0.140. The molecule has 0 saturated carbocycles. The van der Waals surface area contributed by atoms with Gasteiger partial charge in [-0.05, 0) is 54.7 Å². The van der Waals surface area contributed by atoms with Gasteiger partial charge in [0.15, 0.2) is 0 Å². The fourth-order valence-corrected chi connectivity index (χ4v) is 2.19. The topological polar surface area (TPSA) is 55.1 Å². The van der Waals surface area contributed by atoms with Crippen molar-refractivity contribution in [1.29, 1.82) is 0 Å². The third-order valence-electron chi connectivity index (χ3n) is 1.48. The summed E-state index contributed by atoms with van der Waals surface area (Å²) in [7, 11) is 0. The minimum Gasteiger partial charge on any atom is -0.480 e. The summed E-state index contributed by atoms with van der Waals surface area (Å²) in [6.07, 6.45) is 0. The molecule has 0 fully saturated rings. The number of aliphatic carboxylic acids is 1. The van der Waals surface area contributed by atoms with E-state index in [0.717, 1.165) is 0 Å². The summed E-state index contributed by atoms with van der Waals surface area (Å²) in [5.74, 6) is -0.928. The molecule has 0 aliphatic carbocycles. The molecule has 0 spiro atoms. The molecule has 0 amide bonds. The van der Waals surface area contributed by atoms with Crippen molar-refractivity contribution in [3.63, 3.8) is 0 Å². The monoisotopic (exact) mass is 374 g/mol. The third-order valence-corrected chi connectivity index (χ3v) is 4.61. The van der Waals surface area contributed by atoms with Gasteiger partial charge in [0.2, 0.25) is 0 Å². The van der Waals surface area contributed by atoms with E-state index in [-0.39, 0.29) is 0 Å². The first kappa shape index (κ1) is 11.2. The second-order valence-electron chi connectivity index (χ2n) is 2.35. The predicted molar refractivity (Wildman–Crippen MR) is 57.7 cm³/mol. The van der Waals surface area contributed by atoms with Crippen molar-refractivity contribution in [3.05, 3.63) is 13.7 Å². The van der Waals surface area contributed by atoms with E-state index in [4.69, 9.17) is 5.11 Å². The number of hydrogen-bond donors (Lipinski definition) is 1. The summed E-state index contributed by atoms with van der Waals surface area (Å²) in [6.45, 7) is 1.55. The normalized spacial score (nSPS) is 12.9. The van der Waals surface area contributed by atoms with Gasteiger partial charge in [0.1, 0.15) is 15.2 Å². The van der Waals surface area contributed by atoms with Crippen molar-refractivity contribution in [2.24, 2.45) is 0 Å². The number of carbonyl (C=O) groups is 1. The molecular weight excluding hydrogens is 372 g/mol. The Balaban J connectivity index is 3.15. The van der Waals surface area contributed by atoms with E-state index in [1.807, 2.05) is 0 Å². The van der Waals surface area contributed by atoms with E-state index >= 15 is 0 Å². The first-order chi connectivity index (χ1) is 5.95. The molecule has 0 radical (unpaired) electrons. The number of aromatic nitrogens is 2. The molecule has 13 heavy (non-hydrogen) atoms. The average molecular weight is 377 g/mol. The molecule has 72 valence electrons. The van der Waals surface area contributed by atoms with Gasteiger partial charge in [-0.25, -0.2) is 9.48 Å². The summed E-state index contributed by atoms with van der Waals surface area (Å²) in [5, 5.41) is 12.7. The Bertz CT molecular complexity index is 350. The van der Waals surface area contributed by atoms with Crippen LogP contribution >= 0.6 is 47.8 Å². The van der Waals surface area contributed by atoms with Crippen molar-refractivity contribution < 1.29 is 9.90 Å². The lowest BCUT2D eigenvalue weighted by Crippen LogP contribution is -2.16. The highest BCUT2D eigenvalue weighted by molar-refractivity contribution is 9.14. The zero-order valence-corrected chi connectivity index (χ0v) is 11.2. The Labute approximate surface area is 99.7 Å². The van der Waals surface area contributed by atoms with E-state index in [9.17, 15) is 4.79 Å². The van der Waals surface area contributed by atoms with Crippen molar-refractivity contribution in [3.8, 4) is 0 Å². The van der Waals surface area contributed by atoms with Crippen LogP contribution in [0, 0.1) is 0 Å². The van der Waals surface area contributed by atoms with Gasteiger partial charge >= 0.3 is 5.97 Å². The highest BCUT2D eigenvalue weighted by atomic mass is 79.9. The van der Waals surface area contributed by atoms with Crippen molar-refractivity contribution >= 4 is 53.8 Å². The average Bonchev–Trinajstić information content (AvgIpc) is 2.31. The number of halogens is 3. The molecule has 4 nitrogen and oxygen atoms in total. The predicted octanol–water partition coefficient (Wildman–Crippen LogP) is 2.82. The fraction of sp³-hybridized carbons (Fsp3) is 0.333. The lowest BCUT2D eigenvalue weighted by Gasteiger charge is -2.07. The van der Waals surface area contributed by atoms with Crippen LogP contribution in [0.15, 0.2) is 13.7 Å². The van der Waals surface area contributed by atoms with Crippen LogP contribution in [0.1, 0.15) is 13.0 Å². The van der Waals surface area contributed by atoms with E-state index < -0.39 is 12.0 Å². The highest BCUT2D eigenvalue weighted by Crippen LogP contribution is 2.32. The standard InChI is InChI=1S/C6H5Br3N2O2/c1-2(6(12)13)11-5(9)3(7)4(8)10-11/h2H,1H3,(H,12,13). The van der Waals surface area contributed by atoms with Gasteiger partial charge in [-0.3, -0.25) is 0 Å². The molecular formula is C6H5Br3N2O2. The molecule has 1 aromatic heterocycles. The van der Waals surface area contributed by atoms with Crippen molar-refractivity contribution in [2.75, 3.05) is 0 Å². The zero-order chi connectivity index (χ0) is 10.2. The van der Waals surface area contributed by atoms with Crippen LogP contribution in [0.25, 0.3) is 0 Å². The molecule has 0 saturated heterocycles. The zero-order valence-electron chi connectivity index (χ0n) is 6.46. The Morgan fingerprint density at radius 3 is 2.38 bits per heavy atom. The maximum atomic E-state index is 10.7. The molecule has 1 unspecified atom stereocenters. The van der Waals surface area contributed by atoms with Crippen LogP contribution in [0.2, 0.25) is 0 Å². The number of carboxylic acid groups (broad SMARTS) is 1. The van der Waals surface area contributed by atoms with E-state index in [1.54, 1.807) is 6.92 Å². The van der Waals surface area contributed by atoms with Gasteiger partial charge in [-0.1, -0.05) is 0 Å². The molecule has 1 heterocycles. The molecule has 1 rings (SSSR count). The number of hydrogen-bond acceptors (Lipinski definition) is 2. The summed E-state index contributed by atoms with van der Waals surface area (Å²) >= 11 is 9.66. The van der Waals surface area contributed by atoms with Crippen LogP contribution < -0.4 is 0 Å². The van der Waals surface area contributed by atoms with Crippen LogP contribution in [-0.2, 0) is 4.79 Å². The Hall–Kier alpha value is 0.120. The van der Waals surface area contributed by atoms with Crippen molar-refractivity contribution in [1.82, 2.24) is 9.78 Å². The molecule has 1 aromatic rings. The quantitative estimate of drug-likeness (QED) is 0.863. The third kappa shape index (κ3) is 2.13. The van der Waals surface area contributed by atoms with Crippen LogP contribution in [0.4, 0.5) is 0 Å². The first-order valence-electron chi connectivity index (χ1n) is 3.27. The van der Waals surface area contributed by atoms with Gasteiger partial charge in [-0.15, -0.1) is 0 Å². The summed E-state index contributed by atoms with van der Waals surface area (Å²) in [4.78, 5) is 10.7.